The number of halogens is 1. The first kappa shape index (κ1) is 29.5. The second-order valence-corrected chi connectivity index (χ2v) is 9.24. The van der Waals surface area contributed by atoms with E-state index in [0.29, 0.717) is 57.5 Å². The van der Waals surface area contributed by atoms with Crippen LogP contribution >= 0.6 is 15.9 Å². The van der Waals surface area contributed by atoms with E-state index in [1.54, 1.807) is 30.3 Å². The number of hydrazone groups is 1. The van der Waals surface area contributed by atoms with Gasteiger partial charge in [-0.25, -0.2) is 5.43 Å². The first-order valence-electron chi connectivity index (χ1n) is 12.4. The van der Waals surface area contributed by atoms with Gasteiger partial charge in [0.1, 0.15) is 0 Å². The number of hydrogen-bond donors (Lipinski definition) is 2. The van der Waals surface area contributed by atoms with Gasteiger partial charge in [-0.1, -0.05) is 19.1 Å². The van der Waals surface area contributed by atoms with Gasteiger partial charge in [-0.15, -0.1) is 0 Å². The minimum Gasteiger partial charge on any atom is -0.493 e. The number of nitrogens with zero attached hydrogens (tertiary/aromatic N) is 1. The van der Waals surface area contributed by atoms with Crippen molar-refractivity contribution in [1.82, 2.24) is 5.43 Å². The topological polar surface area (TPSA) is 107 Å². The Kier molecular flexibility index (Phi) is 11.2. The summed E-state index contributed by atoms with van der Waals surface area (Å²) in [6.45, 7) is 6.53. The highest BCUT2D eigenvalue weighted by Gasteiger charge is 2.15. The summed E-state index contributed by atoms with van der Waals surface area (Å²) in [5, 5.41) is 6.88. The lowest BCUT2D eigenvalue weighted by molar-refractivity contribution is -0.118. The summed E-state index contributed by atoms with van der Waals surface area (Å²) < 4.78 is 23.0. The minimum atomic E-state index is -0.407. The fourth-order valence-corrected chi connectivity index (χ4v) is 4.07. The van der Waals surface area contributed by atoms with Gasteiger partial charge in [-0.05, 0) is 89.8 Å². The Balaban J connectivity index is 1.65. The molecule has 10 heteroatoms. The van der Waals surface area contributed by atoms with Gasteiger partial charge >= 0.3 is 0 Å². The molecule has 0 aliphatic carbocycles. The van der Waals surface area contributed by atoms with Crippen molar-refractivity contribution in [3.05, 3.63) is 75.8 Å². The quantitative estimate of drug-likeness (QED) is 0.192. The Hall–Kier alpha value is -4.05. The molecule has 2 amide bonds. The number of hydrogen-bond acceptors (Lipinski definition) is 7. The van der Waals surface area contributed by atoms with Crippen molar-refractivity contribution in [1.29, 1.82) is 0 Å². The largest absolute Gasteiger partial charge is 0.493 e. The Labute approximate surface area is 236 Å². The summed E-state index contributed by atoms with van der Waals surface area (Å²) in [5.74, 6) is 1.14. The van der Waals surface area contributed by atoms with E-state index in [-0.39, 0.29) is 12.5 Å². The third kappa shape index (κ3) is 8.75. The van der Waals surface area contributed by atoms with E-state index >= 15 is 0 Å². The number of benzene rings is 3. The maximum absolute atomic E-state index is 12.6. The van der Waals surface area contributed by atoms with E-state index < -0.39 is 5.91 Å². The van der Waals surface area contributed by atoms with Crippen LogP contribution in [0.5, 0.6) is 23.0 Å². The van der Waals surface area contributed by atoms with Crippen LogP contribution in [0.15, 0.2) is 64.2 Å². The molecule has 0 unspecified atom stereocenters. The summed E-state index contributed by atoms with van der Waals surface area (Å²) in [7, 11) is 1.52. The summed E-state index contributed by atoms with van der Waals surface area (Å²) in [6.07, 6.45) is 2.34. The molecule has 9 nitrogen and oxygen atoms in total. The Morgan fingerprint density at radius 1 is 0.974 bits per heavy atom. The predicted octanol–water partition coefficient (Wildman–Crippen LogP) is 5.74. The third-order valence-electron chi connectivity index (χ3n) is 5.25. The van der Waals surface area contributed by atoms with E-state index in [1.807, 2.05) is 45.0 Å². The molecule has 0 radical (unpaired) electrons. The average Bonchev–Trinajstić information content (AvgIpc) is 2.91. The zero-order valence-electron chi connectivity index (χ0n) is 22.4. The van der Waals surface area contributed by atoms with Crippen LogP contribution in [0.25, 0.3) is 0 Å². The molecular weight excluding hydrogens is 566 g/mol. The molecule has 0 saturated carbocycles. The number of aryl methyl sites for hydroxylation is 1. The number of methoxy groups -OCH3 is 1. The highest BCUT2D eigenvalue weighted by Crippen LogP contribution is 2.36. The second-order valence-electron chi connectivity index (χ2n) is 8.38. The number of carbonyl (C=O) groups is 2. The molecule has 206 valence electrons. The van der Waals surface area contributed by atoms with Crippen molar-refractivity contribution in [2.24, 2.45) is 5.10 Å². The molecule has 0 atom stereocenters. The predicted molar refractivity (Wildman–Crippen MR) is 154 cm³/mol. The normalized spacial score (nSPS) is 10.7. The molecule has 0 spiro atoms. The fourth-order valence-electron chi connectivity index (χ4n) is 3.49. The summed E-state index contributed by atoms with van der Waals surface area (Å²) in [5.41, 5.74) is 5.26. The maximum atomic E-state index is 12.6. The third-order valence-corrected chi connectivity index (χ3v) is 5.84. The standard InChI is InChI=1S/C29H32BrN3O6/c1-5-12-38-24-11-10-21(16-25(24)36-4)29(35)33-31-17-20-14-23(30)28(26(15-20)37-6-2)39-18-27(34)32-22-9-7-8-19(3)13-22/h7-11,13-17H,5-6,12,18H2,1-4H3,(H,32,34)(H,33,35)/b31-17+. The van der Waals surface area contributed by atoms with Crippen LogP contribution in [0, 0.1) is 6.92 Å². The van der Waals surface area contributed by atoms with Crippen molar-refractivity contribution in [3.8, 4) is 23.0 Å². The van der Waals surface area contributed by atoms with Gasteiger partial charge in [0, 0.05) is 11.3 Å². The number of carbonyl (C=O) groups excluding carboxylic acids is 2. The summed E-state index contributed by atoms with van der Waals surface area (Å²) >= 11 is 3.48. The van der Waals surface area contributed by atoms with Crippen molar-refractivity contribution in [2.75, 3.05) is 32.2 Å². The number of anilines is 1. The first-order chi connectivity index (χ1) is 18.8. The molecule has 3 rings (SSSR count). The minimum absolute atomic E-state index is 0.207. The summed E-state index contributed by atoms with van der Waals surface area (Å²) in [4.78, 5) is 25.0. The molecule has 0 aliphatic heterocycles. The molecule has 0 saturated heterocycles. The van der Waals surface area contributed by atoms with E-state index in [9.17, 15) is 9.59 Å². The smallest absolute Gasteiger partial charge is 0.271 e. The molecule has 0 aliphatic rings. The molecule has 0 fully saturated rings. The zero-order chi connectivity index (χ0) is 28.2. The van der Waals surface area contributed by atoms with Gasteiger partial charge in [-0.3, -0.25) is 9.59 Å². The summed E-state index contributed by atoms with van der Waals surface area (Å²) in [6, 6.07) is 15.9. The zero-order valence-corrected chi connectivity index (χ0v) is 24.0. The first-order valence-corrected chi connectivity index (χ1v) is 13.2. The van der Waals surface area contributed by atoms with Gasteiger partial charge in [0.25, 0.3) is 11.8 Å². The van der Waals surface area contributed by atoms with Gasteiger partial charge in [-0.2, -0.15) is 5.10 Å². The molecule has 39 heavy (non-hydrogen) atoms. The molecule has 0 aromatic heterocycles. The van der Waals surface area contributed by atoms with Gasteiger partial charge in [0.05, 0.1) is 31.0 Å². The lowest BCUT2D eigenvalue weighted by atomic mass is 10.2. The highest BCUT2D eigenvalue weighted by molar-refractivity contribution is 9.10. The van der Waals surface area contributed by atoms with Gasteiger partial charge in [0.2, 0.25) is 0 Å². The van der Waals surface area contributed by atoms with Gasteiger partial charge in [0.15, 0.2) is 29.6 Å². The van der Waals surface area contributed by atoms with E-state index in [2.05, 4.69) is 31.8 Å². The molecule has 2 N–H and O–H groups in total. The Morgan fingerprint density at radius 2 is 1.79 bits per heavy atom. The van der Waals surface area contributed by atoms with Crippen molar-refractivity contribution >= 4 is 39.6 Å². The molecule has 3 aromatic rings. The Bertz CT molecular complexity index is 1330. The Morgan fingerprint density at radius 3 is 2.51 bits per heavy atom. The van der Waals surface area contributed by atoms with E-state index in [4.69, 9.17) is 18.9 Å². The fraction of sp³-hybridized carbons (Fsp3) is 0.276. The van der Waals surface area contributed by atoms with Crippen LogP contribution in [0.2, 0.25) is 0 Å². The van der Waals surface area contributed by atoms with Crippen molar-refractivity contribution in [3.63, 3.8) is 0 Å². The molecule has 0 heterocycles. The number of nitrogens with one attached hydrogen (secondary N) is 2. The molecular formula is C29H32BrN3O6. The monoisotopic (exact) mass is 597 g/mol. The highest BCUT2D eigenvalue weighted by atomic mass is 79.9. The lowest BCUT2D eigenvalue weighted by Gasteiger charge is -2.14. The second kappa shape index (κ2) is 14.8. The van der Waals surface area contributed by atoms with Crippen LogP contribution < -0.4 is 29.7 Å². The van der Waals surface area contributed by atoms with Crippen LogP contribution in [-0.2, 0) is 4.79 Å². The van der Waals surface area contributed by atoms with Crippen molar-refractivity contribution in [2.45, 2.75) is 27.2 Å². The van der Waals surface area contributed by atoms with Crippen molar-refractivity contribution < 1.29 is 28.5 Å². The van der Waals surface area contributed by atoms with Crippen LogP contribution in [0.3, 0.4) is 0 Å². The van der Waals surface area contributed by atoms with Crippen LogP contribution in [-0.4, -0.2) is 45.0 Å². The van der Waals surface area contributed by atoms with Crippen LogP contribution in [0.4, 0.5) is 5.69 Å². The average molecular weight is 598 g/mol. The lowest BCUT2D eigenvalue weighted by Crippen LogP contribution is -2.20. The van der Waals surface area contributed by atoms with E-state index in [1.165, 1.54) is 13.3 Å². The van der Waals surface area contributed by atoms with Crippen LogP contribution in [0.1, 0.15) is 41.8 Å². The number of amides is 2. The SMILES string of the molecule is CCCOc1ccc(C(=O)N/N=C/c2cc(Br)c(OCC(=O)Nc3cccc(C)c3)c(OCC)c2)cc1OC. The molecule has 0 bridgehead atoms. The molecule has 3 aromatic carbocycles. The number of rotatable bonds is 13. The van der Waals surface area contributed by atoms with Gasteiger partial charge < -0.3 is 24.3 Å². The van der Waals surface area contributed by atoms with E-state index in [0.717, 1.165) is 12.0 Å². The number of ether oxygens (including phenoxy) is 4. The maximum Gasteiger partial charge on any atom is 0.271 e.